The SMILES string of the molecule is C=C(C)C(=O)OCCc1ccccc1OP1(Oc2ccccc2)=NP(Oc2ccccc2)(Oc2ccccc2CCOC(=O)C(=C)C)=NP(Oc2ccccc2)(Oc2ccccc2CCOC(=O)C(=C)C)=N1. The number of carbonyl (C=O) groups is 3. The average molecular weight is 1030 g/mol. The van der Waals surface area contributed by atoms with Crippen LogP contribution in [0, 0.1) is 0 Å². The molecule has 18 heteroatoms. The fraction of sp³-hybridized carbons (Fsp3) is 0.167. The van der Waals surface area contributed by atoms with Crippen molar-refractivity contribution in [2.24, 2.45) is 13.5 Å². The summed E-state index contributed by atoms with van der Waals surface area (Å²) >= 11 is 0. The molecule has 372 valence electrons. The molecular formula is C54H54N3O12P3. The highest BCUT2D eigenvalue weighted by molar-refractivity contribution is 7.79. The molecule has 0 fully saturated rings. The van der Waals surface area contributed by atoms with Crippen molar-refractivity contribution in [1.82, 2.24) is 0 Å². The molecule has 0 radical (unpaired) electrons. The molecule has 0 saturated carbocycles. The Morgan fingerprint density at radius 2 is 0.597 bits per heavy atom. The van der Waals surface area contributed by atoms with Gasteiger partial charge in [0.15, 0.2) is 0 Å². The molecule has 1 aliphatic heterocycles. The molecule has 72 heavy (non-hydrogen) atoms. The zero-order valence-electron chi connectivity index (χ0n) is 40.0. The van der Waals surface area contributed by atoms with E-state index in [1.54, 1.807) is 130 Å². The fourth-order valence-corrected chi connectivity index (χ4v) is 15.7. The van der Waals surface area contributed by atoms with Crippen LogP contribution in [0.4, 0.5) is 0 Å². The van der Waals surface area contributed by atoms with Crippen molar-refractivity contribution in [3.63, 3.8) is 0 Å². The van der Waals surface area contributed by atoms with Crippen LogP contribution in [-0.2, 0) is 47.9 Å². The van der Waals surface area contributed by atoms with Crippen LogP contribution in [-0.4, -0.2) is 37.7 Å². The van der Waals surface area contributed by atoms with Gasteiger partial charge in [-0.15, -0.1) is 0 Å². The van der Waals surface area contributed by atoms with Gasteiger partial charge < -0.3 is 41.4 Å². The largest absolute Gasteiger partial charge is 0.462 e. The molecule has 1 aliphatic rings. The molecule has 0 aliphatic carbocycles. The molecular weight excluding hydrogens is 976 g/mol. The van der Waals surface area contributed by atoms with Crippen LogP contribution in [0.1, 0.15) is 37.5 Å². The van der Waals surface area contributed by atoms with E-state index < -0.39 is 40.9 Å². The average Bonchev–Trinajstić information content (AvgIpc) is 3.36. The molecule has 0 atom stereocenters. The number of rotatable bonds is 24. The molecule has 0 aromatic heterocycles. The monoisotopic (exact) mass is 1030 g/mol. The summed E-state index contributed by atoms with van der Waals surface area (Å²) in [6.45, 7) is 15.8. The van der Waals surface area contributed by atoms with E-state index in [9.17, 15) is 14.4 Å². The number of benzene rings is 6. The van der Waals surface area contributed by atoms with Crippen LogP contribution in [0.3, 0.4) is 0 Å². The highest BCUT2D eigenvalue weighted by Crippen LogP contribution is 2.79. The van der Waals surface area contributed by atoms with E-state index >= 15 is 0 Å². The van der Waals surface area contributed by atoms with E-state index in [1.807, 2.05) is 54.6 Å². The summed E-state index contributed by atoms with van der Waals surface area (Å²) in [5.41, 5.74) is 2.61. The Morgan fingerprint density at radius 1 is 0.361 bits per heavy atom. The van der Waals surface area contributed by atoms with E-state index in [2.05, 4.69) is 19.7 Å². The van der Waals surface area contributed by atoms with Crippen LogP contribution >= 0.6 is 23.0 Å². The Bertz CT molecular complexity index is 2760. The molecule has 0 unspecified atom stereocenters. The lowest BCUT2D eigenvalue weighted by Crippen LogP contribution is -2.13. The first-order chi connectivity index (χ1) is 34.7. The predicted octanol–water partition coefficient (Wildman–Crippen LogP) is 14.3. The maximum Gasteiger partial charge on any atom is 0.460 e. The van der Waals surface area contributed by atoms with Crippen LogP contribution < -0.4 is 27.1 Å². The summed E-state index contributed by atoms with van der Waals surface area (Å²) in [5.74, 6) is 0.132. The number of hydrogen-bond donors (Lipinski definition) is 0. The minimum absolute atomic E-state index is 0.00800. The van der Waals surface area contributed by atoms with E-state index in [4.69, 9.17) is 54.9 Å². The van der Waals surface area contributed by atoms with E-state index in [-0.39, 0.29) is 73.1 Å². The molecule has 15 nitrogen and oxygen atoms in total. The van der Waals surface area contributed by atoms with Gasteiger partial charge in [-0.25, -0.2) is 14.4 Å². The van der Waals surface area contributed by atoms with Crippen LogP contribution in [0.25, 0.3) is 0 Å². The molecule has 0 N–H and O–H groups in total. The van der Waals surface area contributed by atoms with Gasteiger partial charge in [0.1, 0.15) is 34.5 Å². The minimum atomic E-state index is -4.36. The van der Waals surface area contributed by atoms with Crippen molar-refractivity contribution in [2.45, 2.75) is 40.0 Å². The lowest BCUT2D eigenvalue weighted by atomic mass is 10.1. The van der Waals surface area contributed by atoms with Crippen molar-refractivity contribution < 1.29 is 55.7 Å². The highest BCUT2D eigenvalue weighted by atomic mass is 31.3. The van der Waals surface area contributed by atoms with Gasteiger partial charge in [-0.2, -0.15) is 0 Å². The molecule has 7 rings (SSSR count). The second-order valence-corrected chi connectivity index (χ2v) is 22.2. The highest BCUT2D eigenvalue weighted by Gasteiger charge is 2.49. The van der Waals surface area contributed by atoms with Crippen LogP contribution in [0.15, 0.2) is 214 Å². The standard InChI is InChI=1S/C54H54N3O12P3/c1-40(2)52(58)61-37-34-43-22-16-19-31-49(43)67-70(64-46-25-10-7-11-26-46)55-71(65-47-27-12-8-13-28-47,68-50-32-20-17-23-44(50)35-38-62-53(59)41(3)4)57-72(56-70,66-48-29-14-9-15-30-48)69-51-33-21-18-24-45(51)36-39-63-54(60)42(5)6/h7-33H,1,3,5,34-39H2,2,4,6H3. The van der Waals surface area contributed by atoms with Gasteiger partial charge in [-0.1, -0.05) is 142 Å². The van der Waals surface area contributed by atoms with Gasteiger partial charge in [-0.05, 0) is 92.1 Å². The minimum Gasteiger partial charge on any atom is -0.462 e. The Kier molecular flexibility index (Phi) is 17.8. The van der Waals surface area contributed by atoms with Crippen molar-refractivity contribution in [1.29, 1.82) is 0 Å². The molecule has 0 bridgehead atoms. The first-order valence-corrected chi connectivity index (χ1v) is 27.3. The normalized spacial score (nSPS) is 17.7. The number of nitrogens with zero attached hydrogens (tertiary/aromatic N) is 3. The van der Waals surface area contributed by atoms with E-state index in [0.717, 1.165) is 0 Å². The van der Waals surface area contributed by atoms with E-state index in [0.29, 0.717) is 33.9 Å². The summed E-state index contributed by atoms with van der Waals surface area (Å²) in [6, 6.07) is 48.0. The Morgan fingerprint density at radius 3 is 0.847 bits per heavy atom. The third-order valence-corrected chi connectivity index (χ3v) is 18.1. The predicted molar refractivity (Wildman–Crippen MR) is 279 cm³/mol. The summed E-state index contributed by atoms with van der Waals surface area (Å²) in [4.78, 5) is 37.5. The first-order valence-electron chi connectivity index (χ1n) is 22.7. The summed E-state index contributed by atoms with van der Waals surface area (Å²) in [5, 5.41) is 0. The number of ether oxygens (including phenoxy) is 3. The first kappa shape index (κ1) is 52.3. The Balaban J connectivity index is 1.52. The lowest BCUT2D eigenvalue weighted by molar-refractivity contribution is -0.139. The fourth-order valence-electron chi connectivity index (χ4n) is 6.53. The molecule has 0 saturated heterocycles. The second kappa shape index (κ2) is 24.5. The number of esters is 3. The third-order valence-electron chi connectivity index (χ3n) is 10.0. The summed E-state index contributed by atoms with van der Waals surface area (Å²) in [7, 11) is -13.1. The molecule has 0 amide bonds. The topological polar surface area (TPSA) is 171 Å². The van der Waals surface area contributed by atoms with Gasteiger partial charge in [0.05, 0.1) is 19.8 Å². The third kappa shape index (κ3) is 14.5. The number of carbonyl (C=O) groups excluding carboxylic acids is 3. The van der Waals surface area contributed by atoms with Crippen LogP contribution in [0.5, 0.6) is 34.5 Å². The Labute approximate surface area is 419 Å². The number of hydrogen-bond acceptors (Lipinski definition) is 15. The maximum atomic E-state index is 12.5. The maximum absolute atomic E-state index is 12.5. The zero-order chi connectivity index (χ0) is 51.0. The Hall–Kier alpha value is -7.56. The molecule has 1 heterocycles. The molecule has 0 spiro atoms. The summed E-state index contributed by atoms with van der Waals surface area (Å²) in [6.07, 6.45) is 0.643. The van der Waals surface area contributed by atoms with Crippen molar-refractivity contribution in [2.75, 3.05) is 19.8 Å². The van der Waals surface area contributed by atoms with Gasteiger partial charge >= 0.3 is 40.9 Å². The zero-order valence-corrected chi connectivity index (χ0v) is 42.7. The van der Waals surface area contributed by atoms with Crippen molar-refractivity contribution >= 4 is 40.9 Å². The van der Waals surface area contributed by atoms with Crippen LogP contribution in [0.2, 0.25) is 0 Å². The second-order valence-electron chi connectivity index (χ2n) is 16.0. The number of para-hydroxylation sites is 6. The quantitative estimate of drug-likeness (QED) is 0.0243. The van der Waals surface area contributed by atoms with Gasteiger partial charge in [0, 0.05) is 36.0 Å². The van der Waals surface area contributed by atoms with E-state index in [1.165, 1.54) is 0 Å². The van der Waals surface area contributed by atoms with Crippen molar-refractivity contribution in [3.05, 3.63) is 217 Å². The van der Waals surface area contributed by atoms with Gasteiger partial charge in [0.25, 0.3) is 0 Å². The smallest absolute Gasteiger partial charge is 0.460 e. The van der Waals surface area contributed by atoms with Crippen molar-refractivity contribution in [3.8, 4) is 34.5 Å². The van der Waals surface area contributed by atoms with Gasteiger partial charge in [0.2, 0.25) is 0 Å². The molecule has 6 aromatic rings. The lowest BCUT2D eigenvalue weighted by Gasteiger charge is -2.33. The summed E-state index contributed by atoms with van der Waals surface area (Å²) < 4.78 is 75.3. The molecule has 6 aromatic carbocycles. The van der Waals surface area contributed by atoms with Gasteiger partial charge in [-0.3, -0.25) is 0 Å².